The average molecular weight is 212 g/mol. The van der Waals surface area contributed by atoms with Crippen molar-refractivity contribution >= 4 is 5.97 Å². The van der Waals surface area contributed by atoms with Crippen LogP contribution >= 0.6 is 0 Å². The van der Waals surface area contributed by atoms with Crippen LogP contribution in [0.25, 0.3) is 0 Å². The van der Waals surface area contributed by atoms with E-state index in [9.17, 15) is 4.79 Å². The molecule has 15 heavy (non-hydrogen) atoms. The molecule has 1 saturated carbocycles. The van der Waals surface area contributed by atoms with E-state index >= 15 is 0 Å². The smallest absolute Gasteiger partial charge is 0.306 e. The molecule has 0 N–H and O–H groups in total. The molecule has 1 aliphatic carbocycles. The fourth-order valence-electron chi connectivity index (χ4n) is 2.31. The minimum atomic E-state index is 0.00264. The third-order valence-corrected chi connectivity index (χ3v) is 3.37. The van der Waals surface area contributed by atoms with Gasteiger partial charge in [0.05, 0.1) is 0 Å². The van der Waals surface area contributed by atoms with Crippen molar-refractivity contribution in [3.63, 3.8) is 0 Å². The Hall–Kier alpha value is -0.530. The molecular weight excluding hydrogens is 188 g/mol. The van der Waals surface area contributed by atoms with Gasteiger partial charge in [-0.1, -0.05) is 32.6 Å². The molecule has 1 fully saturated rings. The number of rotatable bonds is 6. The van der Waals surface area contributed by atoms with Gasteiger partial charge in [0, 0.05) is 6.42 Å². The molecule has 1 unspecified atom stereocenters. The number of esters is 1. The van der Waals surface area contributed by atoms with Crippen molar-refractivity contribution in [3.05, 3.63) is 0 Å². The van der Waals surface area contributed by atoms with Gasteiger partial charge in [0.2, 0.25) is 0 Å². The maximum Gasteiger partial charge on any atom is 0.306 e. The topological polar surface area (TPSA) is 26.3 Å². The van der Waals surface area contributed by atoms with E-state index in [2.05, 4.69) is 6.92 Å². The molecule has 1 aliphatic rings. The summed E-state index contributed by atoms with van der Waals surface area (Å²) < 4.78 is 5.44. The molecule has 2 heteroatoms. The van der Waals surface area contributed by atoms with Gasteiger partial charge in [0.25, 0.3) is 0 Å². The zero-order valence-corrected chi connectivity index (χ0v) is 10.1. The van der Waals surface area contributed by atoms with Crippen LogP contribution < -0.4 is 0 Å². The fourth-order valence-corrected chi connectivity index (χ4v) is 2.31. The van der Waals surface area contributed by atoms with Crippen LogP contribution in [0.5, 0.6) is 0 Å². The first-order chi connectivity index (χ1) is 7.24. The van der Waals surface area contributed by atoms with Gasteiger partial charge in [-0.2, -0.15) is 0 Å². The van der Waals surface area contributed by atoms with Gasteiger partial charge >= 0.3 is 5.97 Å². The zero-order chi connectivity index (χ0) is 11.1. The Morgan fingerprint density at radius 2 is 2.00 bits per heavy atom. The van der Waals surface area contributed by atoms with Crippen molar-refractivity contribution in [2.45, 2.75) is 71.3 Å². The number of carbonyl (C=O) groups is 1. The summed E-state index contributed by atoms with van der Waals surface area (Å²) in [6.07, 6.45) is 9.11. The van der Waals surface area contributed by atoms with Crippen LogP contribution in [-0.2, 0) is 9.53 Å². The summed E-state index contributed by atoms with van der Waals surface area (Å²) in [4.78, 5) is 11.5. The first-order valence-corrected chi connectivity index (χ1v) is 6.43. The minimum absolute atomic E-state index is 0.00264. The molecule has 2 nitrogen and oxygen atoms in total. The molecule has 0 aromatic rings. The van der Waals surface area contributed by atoms with Gasteiger partial charge < -0.3 is 4.74 Å². The molecule has 0 radical (unpaired) electrons. The minimum Gasteiger partial charge on any atom is -0.462 e. The highest BCUT2D eigenvalue weighted by atomic mass is 16.5. The van der Waals surface area contributed by atoms with Crippen LogP contribution in [0, 0.1) is 5.92 Å². The van der Waals surface area contributed by atoms with Crippen LogP contribution in [0.15, 0.2) is 0 Å². The van der Waals surface area contributed by atoms with E-state index < -0.39 is 0 Å². The number of ether oxygens (including phenoxy) is 1. The highest BCUT2D eigenvalue weighted by Gasteiger charge is 2.23. The molecule has 1 rings (SSSR count). The van der Waals surface area contributed by atoms with E-state index in [0.29, 0.717) is 12.3 Å². The fraction of sp³-hybridized carbons (Fsp3) is 0.923. The summed E-state index contributed by atoms with van der Waals surface area (Å²) in [6.45, 7) is 4.19. The highest BCUT2D eigenvalue weighted by molar-refractivity contribution is 5.69. The van der Waals surface area contributed by atoms with Crippen molar-refractivity contribution in [3.8, 4) is 0 Å². The molecule has 88 valence electrons. The van der Waals surface area contributed by atoms with Gasteiger partial charge in [-0.15, -0.1) is 0 Å². The quantitative estimate of drug-likeness (QED) is 0.496. The second-order valence-corrected chi connectivity index (χ2v) is 4.70. The Bertz CT molecular complexity index is 183. The van der Waals surface area contributed by atoms with E-state index in [1.165, 1.54) is 25.7 Å². The van der Waals surface area contributed by atoms with Gasteiger partial charge in [-0.3, -0.25) is 4.79 Å². The van der Waals surface area contributed by atoms with Crippen LogP contribution in [-0.4, -0.2) is 12.1 Å². The summed E-state index contributed by atoms with van der Waals surface area (Å²) in [5.41, 5.74) is 0. The number of carbonyl (C=O) groups excluding carboxylic acids is 1. The van der Waals surface area contributed by atoms with Gasteiger partial charge in [0.1, 0.15) is 6.10 Å². The summed E-state index contributed by atoms with van der Waals surface area (Å²) in [5.74, 6) is 0.628. The molecule has 0 aliphatic heterocycles. The molecule has 0 saturated heterocycles. The van der Waals surface area contributed by atoms with Crippen molar-refractivity contribution < 1.29 is 9.53 Å². The lowest BCUT2D eigenvalue weighted by molar-refractivity contribution is -0.150. The molecule has 1 atom stereocenters. The van der Waals surface area contributed by atoms with Crippen molar-refractivity contribution in [2.75, 3.05) is 0 Å². The molecule has 0 aromatic carbocycles. The summed E-state index contributed by atoms with van der Waals surface area (Å²) in [5, 5.41) is 0. The Kier molecular flexibility index (Phi) is 5.74. The average Bonchev–Trinajstić information content (AvgIpc) is 2.70. The van der Waals surface area contributed by atoms with Crippen molar-refractivity contribution in [1.29, 1.82) is 0 Å². The third kappa shape index (κ3) is 4.67. The molecular formula is C13H24O2. The second-order valence-electron chi connectivity index (χ2n) is 4.70. The van der Waals surface area contributed by atoms with Crippen LogP contribution in [0.2, 0.25) is 0 Å². The second kappa shape index (κ2) is 6.86. The number of hydrogen-bond acceptors (Lipinski definition) is 2. The van der Waals surface area contributed by atoms with Gasteiger partial charge in [-0.25, -0.2) is 0 Å². The maximum absolute atomic E-state index is 11.5. The zero-order valence-electron chi connectivity index (χ0n) is 10.1. The predicted molar refractivity (Wildman–Crippen MR) is 61.7 cm³/mol. The molecule has 0 aromatic heterocycles. The lowest BCUT2D eigenvalue weighted by Crippen LogP contribution is -2.22. The predicted octanol–water partition coefficient (Wildman–Crippen LogP) is 3.69. The lowest BCUT2D eigenvalue weighted by atomic mass is 10.0. The van der Waals surface area contributed by atoms with E-state index in [1.807, 2.05) is 6.92 Å². The van der Waals surface area contributed by atoms with Crippen LogP contribution in [0.1, 0.15) is 65.2 Å². The molecule has 0 bridgehead atoms. The normalized spacial score (nSPS) is 19.1. The van der Waals surface area contributed by atoms with Gasteiger partial charge in [0.15, 0.2) is 0 Å². The van der Waals surface area contributed by atoms with Crippen molar-refractivity contribution in [2.24, 2.45) is 5.92 Å². The van der Waals surface area contributed by atoms with Gasteiger partial charge in [-0.05, 0) is 32.1 Å². The molecule has 0 spiro atoms. The lowest BCUT2D eigenvalue weighted by Gasteiger charge is -2.19. The number of hydrogen-bond donors (Lipinski definition) is 0. The maximum atomic E-state index is 11.5. The molecule has 0 amide bonds. The largest absolute Gasteiger partial charge is 0.462 e. The summed E-state index contributed by atoms with van der Waals surface area (Å²) >= 11 is 0. The Balaban J connectivity index is 2.13. The van der Waals surface area contributed by atoms with Crippen LogP contribution in [0.4, 0.5) is 0 Å². The third-order valence-electron chi connectivity index (χ3n) is 3.37. The highest BCUT2D eigenvalue weighted by Crippen LogP contribution is 2.29. The summed E-state index contributed by atoms with van der Waals surface area (Å²) in [7, 11) is 0. The molecule has 0 heterocycles. The van der Waals surface area contributed by atoms with E-state index in [-0.39, 0.29) is 12.1 Å². The van der Waals surface area contributed by atoms with E-state index in [1.54, 1.807) is 0 Å². The van der Waals surface area contributed by atoms with Crippen molar-refractivity contribution in [1.82, 2.24) is 0 Å². The first kappa shape index (κ1) is 12.5. The Labute approximate surface area is 93.4 Å². The Morgan fingerprint density at radius 1 is 1.33 bits per heavy atom. The van der Waals surface area contributed by atoms with Crippen LogP contribution in [0.3, 0.4) is 0 Å². The summed E-state index contributed by atoms with van der Waals surface area (Å²) in [6, 6.07) is 0. The Morgan fingerprint density at radius 3 is 2.60 bits per heavy atom. The standard InChI is InChI=1S/C13H24O2/c1-3-4-5-10-13(14)15-11(2)12-8-6-7-9-12/h11-12H,3-10H2,1-2H3. The van der Waals surface area contributed by atoms with E-state index in [4.69, 9.17) is 4.74 Å². The first-order valence-electron chi connectivity index (χ1n) is 6.43. The number of unbranched alkanes of at least 4 members (excludes halogenated alkanes) is 2. The monoisotopic (exact) mass is 212 g/mol. The van der Waals surface area contributed by atoms with E-state index in [0.717, 1.165) is 19.3 Å². The SMILES string of the molecule is CCCCCC(=O)OC(C)C1CCCC1.